The van der Waals surface area contributed by atoms with E-state index in [9.17, 15) is 4.39 Å². The quantitative estimate of drug-likeness (QED) is 0.863. The van der Waals surface area contributed by atoms with Crippen LogP contribution < -0.4 is 4.74 Å². The summed E-state index contributed by atoms with van der Waals surface area (Å²) >= 11 is 2.10. The van der Waals surface area contributed by atoms with Crippen molar-refractivity contribution in [1.29, 1.82) is 0 Å². The van der Waals surface area contributed by atoms with E-state index < -0.39 is 6.67 Å². The number of hydrogen-bond acceptors (Lipinski definition) is 2. The lowest BCUT2D eigenvalue weighted by molar-refractivity contribution is 0.266. The predicted molar refractivity (Wildman–Crippen MR) is 56.6 cm³/mol. The fourth-order valence-corrected chi connectivity index (χ4v) is 1.40. The zero-order valence-electron chi connectivity index (χ0n) is 6.96. The minimum atomic E-state index is -0.501. The van der Waals surface area contributed by atoms with E-state index in [1.807, 2.05) is 12.1 Å². The number of hydrogen-bond donors (Lipinski definition) is 1. The Bertz CT molecular complexity index is 278. The van der Waals surface area contributed by atoms with Crippen LogP contribution in [0.2, 0.25) is 0 Å². The topological polar surface area (TPSA) is 29.5 Å². The third kappa shape index (κ3) is 3.11. The van der Waals surface area contributed by atoms with Crippen molar-refractivity contribution in [1.82, 2.24) is 0 Å². The van der Waals surface area contributed by atoms with Crippen molar-refractivity contribution in [2.45, 2.75) is 6.61 Å². The fraction of sp³-hybridized carbons (Fsp3) is 0.333. The molecule has 2 nitrogen and oxygen atoms in total. The van der Waals surface area contributed by atoms with Crippen molar-refractivity contribution in [2.75, 3.05) is 13.3 Å². The molecule has 0 aromatic heterocycles. The van der Waals surface area contributed by atoms with Crippen LogP contribution >= 0.6 is 22.6 Å². The molecule has 13 heavy (non-hydrogen) atoms. The number of aliphatic hydroxyl groups excluding tert-OH is 1. The summed E-state index contributed by atoms with van der Waals surface area (Å²) in [5, 5.41) is 8.85. The Labute approximate surface area is 89.9 Å². The standard InChI is InChI=1S/C9H10FIO2/c10-3-4-13-9-5-7(6-12)1-2-8(9)11/h1-2,5,12H,3-4,6H2. The molecule has 1 N–H and O–H groups in total. The van der Waals surface area contributed by atoms with E-state index in [1.54, 1.807) is 6.07 Å². The van der Waals surface area contributed by atoms with E-state index in [4.69, 9.17) is 9.84 Å². The van der Waals surface area contributed by atoms with Crippen LogP contribution in [0.1, 0.15) is 5.56 Å². The van der Waals surface area contributed by atoms with Gasteiger partial charge in [0.05, 0.1) is 10.2 Å². The van der Waals surface area contributed by atoms with Gasteiger partial charge in [0.15, 0.2) is 0 Å². The summed E-state index contributed by atoms with van der Waals surface area (Å²) in [6, 6.07) is 5.36. The Kier molecular flexibility index (Phi) is 4.44. The van der Waals surface area contributed by atoms with Crippen LogP contribution in [-0.2, 0) is 6.61 Å². The Morgan fingerprint density at radius 2 is 2.23 bits per heavy atom. The van der Waals surface area contributed by atoms with Crippen molar-refractivity contribution in [3.05, 3.63) is 27.3 Å². The summed E-state index contributed by atoms with van der Waals surface area (Å²) in [5.74, 6) is 0.629. The van der Waals surface area contributed by atoms with Crippen LogP contribution in [-0.4, -0.2) is 18.4 Å². The predicted octanol–water partition coefficient (Wildman–Crippen LogP) is 2.13. The number of benzene rings is 1. The Morgan fingerprint density at radius 3 is 2.85 bits per heavy atom. The molecule has 0 aliphatic heterocycles. The Morgan fingerprint density at radius 1 is 1.46 bits per heavy atom. The Balaban J connectivity index is 2.78. The van der Waals surface area contributed by atoms with Crippen LogP contribution in [0.4, 0.5) is 4.39 Å². The molecule has 0 atom stereocenters. The van der Waals surface area contributed by atoms with E-state index in [-0.39, 0.29) is 13.2 Å². The first-order valence-electron chi connectivity index (χ1n) is 3.86. The molecule has 0 bridgehead atoms. The van der Waals surface area contributed by atoms with E-state index in [2.05, 4.69) is 22.6 Å². The molecular weight excluding hydrogens is 286 g/mol. The molecular formula is C9H10FIO2. The van der Waals surface area contributed by atoms with E-state index in [1.165, 1.54) is 0 Å². The first kappa shape index (κ1) is 10.7. The lowest BCUT2D eigenvalue weighted by atomic mass is 10.2. The minimum Gasteiger partial charge on any atom is -0.490 e. The molecule has 4 heteroatoms. The number of alkyl halides is 1. The molecule has 1 rings (SSSR count). The number of rotatable bonds is 4. The summed E-state index contributed by atoms with van der Waals surface area (Å²) in [7, 11) is 0. The van der Waals surface area contributed by atoms with Gasteiger partial charge in [0, 0.05) is 0 Å². The van der Waals surface area contributed by atoms with Gasteiger partial charge < -0.3 is 9.84 Å². The van der Waals surface area contributed by atoms with Crippen LogP contribution in [0, 0.1) is 3.57 Å². The van der Waals surface area contributed by atoms with E-state index >= 15 is 0 Å². The summed E-state index contributed by atoms with van der Waals surface area (Å²) in [6.45, 7) is -0.465. The molecule has 0 spiro atoms. The van der Waals surface area contributed by atoms with Crippen molar-refractivity contribution in [2.24, 2.45) is 0 Å². The van der Waals surface area contributed by atoms with E-state index in [0.29, 0.717) is 5.75 Å². The summed E-state index contributed by atoms with van der Waals surface area (Å²) in [6.07, 6.45) is 0. The summed E-state index contributed by atoms with van der Waals surface area (Å²) in [5.41, 5.74) is 0.772. The highest BCUT2D eigenvalue weighted by atomic mass is 127. The summed E-state index contributed by atoms with van der Waals surface area (Å²) in [4.78, 5) is 0. The average molecular weight is 296 g/mol. The van der Waals surface area contributed by atoms with Crippen molar-refractivity contribution >= 4 is 22.6 Å². The highest BCUT2D eigenvalue weighted by Gasteiger charge is 2.01. The normalized spacial score (nSPS) is 10.1. The number of aliphatic hydroxyl groups is 1. The molecule has 0 amide bonds. The van der Waals surface area contributed by atoms with Crippen LogP contribution in [0.5, 0.6) is 5.75 Å². The molecule has 1 aromatic rings. The first-order valence-corrected chi connectivity index (χ1v) is 4.94. The highest BCUT2D eigenvalue weighted by Crippen LogP contribution is 2.22. The number of halogens is 2. The highest BCUT2D eigenvalue weighted by molar-refractivity contribution is 14.1. The van der Waals surface area contributed by atoms with Gasteiger partial charge in [-0.3, -0.25) is 0 Å². The van der Waals surface area contributed by atoms with Gasteiger partial charge in [-0.2, -0.15) is 0 Å². The van der Waals surface area contributed by atoms with Crippen LogP contribution in [0.25, 0.3) is 0 Å². The molecule has 0 aliphatic carbocycles. The van der Waals surface area contributed by atoms with Crippen LogP contribution in [0.3, 0.4) is 0 Å². The maximum absolute atomic E-state index is 11.8. The molecule has 0 radical (unpaired) electrons. The molecule has 0 aliphatic rings. The molecule has 1 aromatic carbocycles. The van der Waals surface area contributed by atoms with Crippen molar-refractivity contribution in [3.8, 4) is 5.75 Å². The van der Waals surface area contributed by atoms with Gasteiger partial charge in [0.1, 0.15) is 19.0 Å². The second kappa shape index (κ2) is 5.39. The van der Waals surface area contributed by atoms with Gasteiger partial charge in [0.25, 0.3) is 0 Å². The zero-order chi connectivity index (χ0) is 9.68. The molecule has 72 valence electrons. The lowest BCUT2D eigenvalue weighted by Crippen LogP contribution is -2.00. The van der Waals surface area contributed by atoms with Gasteiger partial charge >= 0.3 is 0 Å². The van der Waals surface area contributed by atoms with Gasteiger partial charge in [-0.05, 0) is 40.3 Å². The second-order valence-corrected chi connectivity index (χ2v) is 3.62. The minimum absolute atomic E-state index is 0.0249. The Hall–Kier alpha value is -0.360. The number of ether oxygens (including phenoxy) is 1. The zero-order valence-corrected chi connectivity index (χ0v) is 9.12. The third-order valence-electron chi connectivity index (χ3n) is 1.51. The van der Waals surface area contributed by atoms with E-state index in [0.717, 1.165) is 9.13 Å². The maximum Gasteiger partial charge on any atom is 0.133 e. The molecule has 0 heterocycles. The molecule has 0 saturated heterocycles. The smallest absolute Gasteiger partial charge is 0.133 e. The lowest BCUT2D eigenvalue weighted by Gasteiger charge is -2.07. The molecule has 0 saturated carbocycles. The molecule has 0 unspecified atom stereocenters. The van der Waals surface area contributed by atoms with Gasteiger partial charge in [-0.15, -0.1) is 0 Å². The fourth-order valence-electron chi connectivity index (χ4n) is 0.905. The van der Waals surface area contributed by atoms with Crippen LogP contribution in [0.15, 0.2) is 18.2 Å². The third-order valence-corrected chi connectivity index (χ3v) is 2.40. The molecule has 0 fully saturated rings. The second-order valence-electron chi connectivity index (χ2n) is 2.46. The van der Waals surface area contributed by atoms with Crippen molar-refractivity contribution < 1.29 is 14.2 Å². The SMILES string of the molecule is OCc1ccc(I)c(OCCF)c1. The average Bonchev–Trinajstić information content (AvgIpc) is 2.17. The largest absolute Gasteiger partial charge is 0.490 e. The van der Waals surface area contributed by atoms with Crippen molar-refractivity contribution in [3.63, 3.8) is 0 Å². The maximum atomic E-state index is 11.8. The summed E-state index contributed by atoms with van der Waals surface area (Å²) < 4.78 is 17.9. The monoisotopic (exact) mass is 296 g/mol. The van der Waals surface area contributed by atoms with Gasteiger partial charge in [-0.1, -0.05) is 6.07 Å². The van der Waals surface area contributed by atoms with Gasteiger partial charge in [-0.25, -0.2) is 4.39 Å². The first-order chi connectivity index (χ1) is 6.27. The van der Waals surface area contributed by atoms with Gasteiger partial charge in [0.2, 0.25) is 0 Å².